The fourth-order valence-electron chi connectivity index (χ4n) is 2.68. The van der Waals surface area contributed by atoms with Crippen molar-refractivity contribution >= 4 is 29.2 Å². The molecule has 0 fully saturated rings. The molecule has 0 unspecified atom stereocenters. The van der Waals surface area contributed by atoms with Crippen molar-refractivity contribution in [3.8, 4) is 5.75 Å². The maximum atomic E-state index is 12.6. The van der Waals surface area contributed by atoms with Gasteiger partial charge in [0.15, 0.2) is 0 Å². The topological polar surface area (TPSA) is 101 Å². The molecule has 0 radical (unpaired) electrons. The largest absolute Gasteiger partial charge is 0.497 e. The Bertz CT molecular complexity index is 1110. The van der Waals surface area contributed by atoms with Crippen LogP contribution in [0.5, 0.6) is 5.75 Å². The van der Waals surface area contributed by atoms with Crippen LogP contribution in [-0.2, 0) is 6.54 Å². The number of methoxy groups -OCH3 is 1. The monoisotopic (exact) mass is 426 g/mol. The van der Waals surface area contributed by atoms with Crippen LogP contribution in [0.3, 0.4) is 0 Å². The Morgan fingerprint density at radius 2 is 1.80 bits per heavy atom. The number of urea groups is 1. The minimum atomic E-state index is -0.731. The Hall–Kier alpha value is -3.78. The number of hydrazine groups is 1. The number of nitrogens with one attached hydrogen (secondary N) is 3. The van der Waals surface area contributed by atoms with Gasteiger partial charge in [-0.1, -0.05) is 23.7 Å². The third kappa shape index (κ3) is 5.39. The maximum Gasteiger partial charge on any atom is 0.337 e. The third-order valence-electron chi connectivity index (χ3n) is 4.14. The lowest BCUT2D eigenvalue weighted by atomic mass is 10.2. The Labute approximate surface area is 177 Å². The number of benzene rings is 2. The highest BCUT2D eigenvalue weighted by Crippen LogP contribution is 2.14. The van der Waals surface area contributed by atoms with Crippen LogP contribution in [0.15, 0.2) is 71.7 Å². The first-order valence-corrected chi connectivity index (χ1v) is 9.29. The van der Waals surface area contributed by atoms with E-state index >= 15 is 0 Å². The van der Waals surface area contributed by atoms with E-state index in [2.05, 4.69) is 16.2 Å². The van der Waals surface area contributed by atoms with Crippen molar-refractivity contribution in [1.82, 2.24) is 15.4 Å². The molecule has 0 aliphatic heterocycles. The third-order valence-corrected chi connectivity index (χ3v) is 4.38. The van der Waals surface area contributed by atoms with E-state index in [1.165, 1.54) is 17.7 Å². The highest BCUT2D eigenvalue weighted by atomic mass is 35.5. The fraction of sp³-hybridized carbons (Fsp3) is 0.0952. The molecule has 1 aromatic heterocycles. The molecule has 3 aromatic rings. The van der Waals surface area contributed by atoms with Crippen molar-refractivity contribution < 1.29 is 14.3 Å². The lowest BCUT2D eigenvalue weighted by molar-refractivity contribution is 0.0936. The van der Waals surface area contributed by atoms with Crippen LogP contribution in [0.25, 0.3) is 0 Å². The van der Waals surface area contributed by atoms with Gasteiger partial charge in [0, 0.05) is 16.9 Å². The molecule has 0 saturated carbocycles. The average molecular weight is 427 g/mol. The number of anilines is 1. The number of rotatable bonds is 5. The van der Waals surface area contributed by atoms with Crippen molar-refractivity contribution in [2.45, 2.75) is 6.54 Å². The zero-order valence-corrected chi connectivity index (χ0v) is 16.8. The Morgan fingerprint density at radius 3 is 2.50 bits per heavy atom. The molecule has 2 aromatic carbocycles. The van der Waals surface area contributed by atoms with E-state index in [0.717, 1.165) is 5.56 Å². The van der Waals surface area contributed by atoms with Gasteiger partial charge in [0.2, 0.25) is 0 Å². The fourth-order valence-corrected chi connectivity index (χ4v) is 2.90. The predicted molar refractivity (Wildman–Crippen MR) is 114 cm³/mol. The SMILES string of the molecule is COc1ccc(NC(=O)NNC(=O)c2cccn(Cc3cccc(Cl)c3)c2=O)cc1. The molecule has 0 atom stereocenters. The Balaban J connectivity index is 1.62. The molecular weight excluding hydrogens is 408 g/mol. The summed E-state index contributed by atoms with van der Waals surface area (Å²) in [6.45, 7) is 0.256. The van der Waals surface area contributed by atoms with Crippen LogP contribution in [-0.4, -0.2) is 23.6 Å². The van der Waals surface area contributed by atoms with Crippen LogP contribution >= 0.6 is 11.6 Å². The number of carbonyl (C=O) groups is 2. The number of amides is 3. The Morgan fingerprint density at radius 1 is 1.03 bits per heavy atom. The van der Waals surface area contributed by atoms with E-state index in [0.29, 0.717) is 16.5 Å². The number of ether oxygens (including phenoxy) is 1. The van der Waals surface area contributed by atoms with Crippen molar-refractivity contribution in [2.75, 3.05) is 12.4 Å². The first kappa shape index (κ1) is 20.9. The van der Waals surface area contributed by atoms with E-state index in [1.54, 1.807) is 54.7 Å². The van der Waals surface area contributed by atoms with Gasteiger partial charge in [-0.25, -0.2) is 10.2 Å². The zero-order valence-electron chi connectivity index (χ0n) is 16.0. The molecule has 3 amide bonds. The second kappa shape index (κ2) is 9.62. The highest BCUT2D eigenvalue weighted by Gasteiger charge is 2.13. The summed E-state index contributed by atoms with van der Waals surface area (Å²) in [6, 6.07) is 16.0. The summed E-state index contributed by atoms with van der Waals surface area (Å²) in [5.41, 5.74) is 5.16. The summed E-state index contributed by atoms with van der Waals surface area (Å²) in [6.07, 6.45) is 1.57. The van der Waals surface area contributed by atoms with Crippen LogP contribution in [0.1, 0.15) is 15.9 Å². The summed E-state index contributed by atoms with van der Waals surface area (Å²) in [7, 11) is 1.54. The highest BCUT2D eigenvalue weighted by molar-refractivity contribution is 6.30. The minimum absolute atomic E-state index is 0.107. The molecule has 1 heterocycles. The summed E-state index contributed by atoms with van der Waals surface area (Å²) in [4.78, 5) is 36.9. The predicted octanol–water partition coefficient (Wildman–Crippen LogP) is 3.03. The summed E-state index contributed by atoms with van der Waals surface area (Å²) < 4.78 is 6.43. The molecule has 0 aliphatic rings. The Kier molecular flexibility index (Phi) is 6.71. The van der Waals surface area contributed by atoms with Gasteiger partial charge >= 0.3 is 6.03 Å². The van der Waals surface area contributed by atoms with Crippen LogP contribution in [0.4, 0.5) is 10.5 Å². The number of carbonyl (C=O) groups excluding carboxylic acids is 2. The van der Waals surface area contributed by atoms with Crippen molar-refractivity contribution in [2.24, 2.45) is 0 Å². The van der Waals surface area contributed by atoms with Crippen LogP contribution in [0.2, 0.25) is 5.02 Å². The number of pyridine rings is 1. The number of aromatic nitrogens is 1. The number of hydrogen-bond donors (Lipinski definition) is 3. The molecule has 3 rings (SSSR count). The second-order valence-corrected chi connectivity index (χ2v) is 6.68. The van der Waals surface area contributed by atoms with Gasteiger partial charge in [0.25, 0.3) is 11.5 Å². The van der Waals surface area contributed by atoms with E-state index in [-0.39, 0.29) is 12.1 Å². The van der Waals surface area contributed by atoms with Crippen LogP contribution < -0.4 is 26.5 Å². The maximum absolute atomic E-state index is 12.6. The van der Waals surface area contributed by atoms with E-state index in [4.69, 9.17) is 16.3 Å². The molecule has 154 valence electrons. The number of halogens is 1. The first-order chi connectivity index (χ1) is 14.5. The van der Waals surface area contributed by atoms with Gasteiger partial charge in [-0.3, -0.25) is 15.0 Å². The molecule has 0 bridgehead atoms. The summed E-state index contributed by atoms with van der Waals surface area (Å²) in [5.74, 6) is -0.0854. The summed E-state index contributed by atoms with van der Waals surface area (Å²) >= 11 is 5.97. The average Bonchev–Trinajstić information content (AvgIpc) is 2.74. The van der Waals surface area contributed by atoms with Crippen molar-refractivity contribution in [1.29, 1.82) is 0 Å². The van der Waals surface area contributed by atoms with Gasteiger partial charge in [0.05, 0.1) is 13.7 Å². The van der Waals surface area contributed by atoms with E-state index < -0.39 is 17.5 Å². The number of hydrogen-bond acceptors (Lipinski definition) is 4. The van der Waals surface area contributed by atoms with Crippen LogP contribution in [0, 0.1) is 0 Å². The van der Waals surface area contributed by atoms with Crippen molar-refractivity contribution in [3.05, 3.63) is 93.4 Å². The molecule has 0 saturated heterocycles. The second-order valence-electron chi connectivity index (χ2n) is 6.25. The molecule has 30 heavy (non-hydrogen) atoms. The first-order valence-electron chi connectivity index (χ1n) is 8.91. The number of nitrogens with zero attached hydrogens (tertiary/aromatic N) is 1. The molecular formula is C21H19ClN4O4. The van der Waals surface area contributed by atoms with Gasteiger partial charge in [-0.2, -0.15) is 0 Å². The summed E-state index contributed by atoms with van der Waals surface area (Å²) in [5, 5.41) is 3.10. The van der Waals surface area contributed by atoms with E-state index in [9.17, 15) is 14.4 Å². The van der Waals surface area contributed by atoms with Crippen molar-refractivity contribution in [3.63, 3.8) is 0 Å². The smallest absolute Gasteiger partial charge is 0.337 e. The van der Waals surface area contributed by atoms with Gasteiger partial charge in [-0.05, 0) is 54.1 Å². The zero-order chi connectivity index (χ0) is 21.5. The van der Waals surface area contributed by atoms with Gasteiger partial charge in [-0.15, -0.1) is 0 Å². The van der Waals surface area contributed by atoms with Gasteiger partial charge < -0.3 is 14.6 Å². The molecule has 9 heteroatoms. The lowest BCUT2D eigenvalue weighted by Crippen LogP contribution is -2.45. The lowest BCUT2D eigenvalue weighted by Gasteiger charge is -2.11. The van der Waals surface area contributed by atoms with E-state index in [1.807, 2.05) is 6.07 Å². The minimum Gasteiger partial charge on any atom is -0.497 e. The quantitative estimate of drug-likeness (QED) is 0.546. The van der Waals surface area contributed by atoms with Gasteiger partial charge in [0.1, 0.15) is 11.3 Å². The normalized spacial score (nSPS) is 10.2. The molecule has 8 nitrogen and oxygen atoms in total. The molecule has 0 aliphatic carbocycles. The molecule has 3 N–H and O–H groups in total. The standard InChI is InChI=1S/C21H19ClN4O4/c1-30-17-9-7-16(8-10-17)23-21(29)25-24-19(27)18-6-3-11-26(20(18)28)13-14-4-2-5-15(22)12-14/h2-12H,13H2,1H3,(H,24,27)(H2,23,25,29). The molecule has 0 spiro atoms.